The minimum absolute atomic E-state index is 0.412. The summed E-state index contributed by atoms with van der Waals surface area (Å²) >= 11 is 5.58. The molecule has 2 aromatic rings. The van der Waals surface area contributed by atoms with E-state index in [1.165, 1.54) is 4.57 Å². The molecule has 0 aliphatic carbocycles. The van der Waals surface area contributed by atoms with Crippen LogP contribution in [0, 0.1) is 0 Å². The van der Waals surface area contributed by atoms with Crippen LogP contribution in [0.2, 0.25) is 0 Å². The normalized spacial score (nSPS) is 12.2. The largest absolute Gasteiger partial charge is 0.406 e. The molecule has 1 aromatic carbocycles. The van der Waals surface area contributed by atoms with Crippen LogP contribution in [0.5, 0.6) is 0 Å². The minimum atomic E-state index is -4.25. The number of imidazole rings is 1. The number of benzene rings is 1. The van der Waals surface area contributed by atoms with Gasteiger partial charge in [-0.25, -0.2) is 4.98 Å². The van der Waals surface area contributed by atoms with Gasteiger partial charge in [0.1, 0.15) is 12.4 Å². The van der Waals surface area contributed by atoms with Crippen LogP contribution in [0.3, 0.4) is 0 Å². The van der Waals surface area contributed by atoms with Gasteiger partial charge in [0.05, 0.1) is 11.0 Å². The van der Waals surface area contributed by atoms with Gasteiger partial charge in [-0.1, -0.05) is 12.1 Å². The number of hydrogen-bond donors (Lipinski definition) is 0. The van der Waals surface area contributed by atoms with Gasteiger partial charge < -0.3 is 4.57 Å². The zero-order valence-corrected chi connectivity index (χ0v) is 10.3. The van der Waals surface area contributed by atoms with Crippen LogP contribution in [-0.2, 0) is 13.0 Å². The van der Waals surface area contributed by atoms with Gasteiger partial charge in [0.2, 0.25) is 0 Å². The number of hydrogen-bond acceptors (Lipinski definition) is 1. The molecule has 0 radical (unpaired) electrons. The summed E-state index contributed by atoms with van der Waals surface area (Å²) in [4.78, 5) is 4.24. The van der Waals surface area contributed by atoms with Gasteiger partial charge in [-0.3, -0.25) is 0 Å². The van der Waals surface area contributed by atoms with Crippen molar-refractivity contribution in [1.29, 1.82) is 0 Å². The van der Waals surface area contributed by atoms with Gasteiger partial charge in [-0.15, -0.1) is 11.6 Å². The average Bonchev–Trinajstić information content (AvgIpc) is 2.63. The second-order valence-electron chi connectivity index (χ2n) is 4.01. The summed E-state index contributed by atoms with van der Waals surface area (Å²) in [5.74, 6) is 0.851. The molecule has 1 heterocycles. The first kappa shape index (κ1) is 13.2. The van der Waals surface area contributed by atoms with E-state index in [4.69, 9.17) is 11.6 Å². The van der Waals surface area contributed by atoms with Crippen molar-refractivity contribution in [3.8, 4) is 0 Å². The Morgan fingerprint density at radius 1 is 1.22 bits per heavy atom. The van der Waals surface area contributed by atoms with Crippen molar-refractivity contribution >= 4 is 22.6 Å². The van der Waals surface area contributed by atoms with Crippen LogP contribution >= 0.6 is 11.6 Å². The molecule has 0 bridgehead atoms. The van der Waals surface area contributed by atoms with E-state index in [2.05, 4.69) is 4.98 Å². The highest BCUT2D eigenvalue weighted by atomic mass is 35.5. The van der Waals surface area contributed by atoms with Crippen molar-refractivity contribution in [3.05, 3.63) is 30.1 Å². The van der Waals surface area contributed by atoms with Crippen LogP contribution < -0.4 is 0 Å². The predicted molar refractivity (Wildman–Crippen MR) is 64.8 cm³/mol. The highest BCUT2D eigenvalue weighted by Crippen LogP contribution is 2.24. The molecule has 0 spiro atoms. The predicted octanol–water partition coefficient (Wildman–Crippen LogP) is 3.77. The zero-order valence-electron chi connectivity index (χ0n) is 9.54. The molecule has 0 unspecified atom stereocenters. The van der Waals surface area contributed by atoms with Crippen molar-refractivity contribution in [3.63, 3.8) is 0 Å². The fourth-order valence-electron chi connectivity index (χ4n) is 1.90. The van der Waals surface area contributed by atoms with Crippen molar-refractivity contribution in [1.82, 2.24) is 9.55 Å². The zero-order chi connectivity index (χ0) is 13.2. The molecule has 1 aromatic heterocycles. The Morgan fingerprint density at radius 3 is 2.61 bits per heavy atom. The quantitative estimate of drug-likeness (QED) is 0.777. The first-order chi connectivity index (χ1) is 8.51. The third-order valence-corrected chi connectivity index (χ3v) is 2.87. The third kappa shape index (κ3) is 2.96. The molecule has 18 heavy (non-hydrogen) atoms. The second-order valence-corrected chi connectivity index (χ2v) is 4.39. The lowest BCUT2D eigenvalue weighted by atomic mass is 10.3. The molecule has 0 aliphatic rings. The first-order valence-electron chi connectivity index (χ1n) is 5.58. The molecule has 0 saturated heterocycles. The maximum absolute atomic E-state index is 12.6. The molecule has 0 aliphatic heterocycles. The maximum atomic E-state index is 12.6. The fraction of sp³-hybridized carbons (Fsp3) is 0.417. The Morgan fingerprint density at radius 2 is 1.94 bits per heavy atom. The van der Waals surface area contributed by atoms with Gasteiger partial charge in [0.15, 0.2) is 0 Å². The van der Waals surface area contributed by atoms with E-state index in [9.17, 15) is 13.2 Å². The minimum Gasteiger partial charge on any atom is -0.319 e. The molecule has 0 fully saturated rings. The Labute approximate surface area is 107 Å². The van der Waals surface area contributed by atoms with E-state index in [0.29, 0.717) is 35.6 Å². The maximum Gasteiger partial charge on any atom is 0.406 e. The van der Waals surface area contributed by atoms with Gasteiger partial charge >= 0.3 is 6.18 Å². The molecule has 98 valence electrons. The van der Waals surface area contributed by atoms with E-state index < -0.39 is 12.7 Å². The second kappa shape index (κ2) is 5.18. The van der Waals surface area contributed by atoms with Crippen molar-refractivity contribution < 1.29 is 13.2 Å². The molecule has 0 atom stereocenters. The molecule has 2 nitrogen and oxygen atoms in total. The fourth-order valence-corrected chi connectivity index (χ4v) is 2.03. The summed E-state index contributed by atoms with van der Waals surface area (Å²) in [6.07, 6.45) is -3.18. The highest BCUT2D eigenvalue weighted by Gasteiger charge is 2.30. The lowest BCUT2D eigenvalue weighted by Crippen LogP contribution is -2.19. The van der Waals surface area contributed by atoms with E-state index in [1.54, 1.807) is 24.3 Å². The van der Waals surface area contributed by atoms with Crippen LogP contribution in [-0.4, -0.2) is 21.6 Å². The number of fused-ring (bicyclic) bond motifs is 1. The summed E-state index contributed by atoms with van der Waals surface area (Å²) in [6.45, 7) is -1.01. The monoisotopic (exact) mass is 276 g/mol. The van der Waals surface area contributed by atoms with Crippen LogP contribution in [0.25, 0.3) is 11.0 Å². The number of aromatic nitrogens is 2. The highest BCUT2D eigenvalue weighted by molar-refractivity contribution is 6.17. The van der Waals surface area contributed by atoms with Gasteiger partial charge in [0, 0.05) is 12.3 Å². The summed E-state index contributed by atoms with van der Waals surface area (Å²) in [6, 6.07) is 6.84. The molecule has 0 N–H and O–H groups in total. The van der Waals surface area contributed by atoms with E-state index in [-0.39, 0.29) is 0 Å². The van der Waals surface area contributed by atoms with E-state index in [0.717, 1.165) is 0 Å². The van der Waals surface area contributed by atoms with Crippen LogP contribution in [0.15, 0.2) is 24.3 Å². The number of rotatable bonds is 4. The summed E-state index contributed by atoms with van der Waals surface area (Å²) in [5, 5.41) is 0. The number of aryl methyl sites for hydroxylation is 1. The standard InChI is InChI=1S/C12H12ClF3N2/c13-7-3-6-11-17-9-4-1-2-5-10(9)18(11)8-12(14,15)16/h1-2,4-5H,3,6-8H2. The average molecular weight is 277 g/mol. The number of halogens is 4. The molecule has 0 saturated carbocycles. The lowest BCUT2D eigenvalue weighted by molar-refractivity contribution is -0.140. The van der Waals surface area contributed by atoms with Gasteiger partial charge in [0.25, 0.3) is 0 Å². The topological polar surface area (TPSA) is 17.8 Å². The molecule has 2 rings (SSSR count). The number of nitrogens with zero attached hydrogens (tertiary/aromatic N) is 2. The lowest BCUT2D eigenvalue weighted by Gasteiger charge is -2.11. The summed E-state index contributed by atoms with van der Waals surface area (Å²) < 4.78 is 38.9. The Kier molecular flexibility index (Phi) is 3.80. The smallest absolute Gasteiger partial charge is 0.319 e. The van der Waals surface area contributed by atoms with E-state index >= 15 is 0 Å². The number of para-hydroxylation sites is 2. The third-order valence-electron chi connectivity index (χ3n) is 2.61. The molecular weight excluding hydrogens is 265 g/mol. The molecular formula is C12H12ClF3N2. The van der Waals surface area contributed by atoms with Crippen molar-refractivity contribution in [2.45, 2.75) is 25.6 Å². The number of alkyl halides is 4. The summed E-state index contributed by atoms with van der Waals surface area (Å²) in [7, 11) is 0. The Bertz CT molecular complexity index is 534. The SMILES string of the molecule is FC(F)(F)Cn1c(CCCCl)nc2ccccc21. The first-order valence-corrected chi connectivity index (χ1v) is 6.11. The van der Waals surface area contributed by atoms with Crippen molar-refractivity contribution in [2.75, 3.05) is 5.88 Å². The van der Waals surface area contributed by atoms with E-state index in [1.807, 2.05) is 0 Å². The van der Waals surface area contributed by atoms with Gasteiger partial charge in [-0.05, 0) is 18.6 Å². The molecule has 6 heteroatoms. The summed E-state index contributed by atoms with van der Waals surface area (Å²) in [5.41, 5.74) is 1.10. The van der Waals surface area contributed by atoms with Crippen LogP contribution in [0.4, 0.5) is 13.2 Å². The molecule has 0 amide bonds. The van der Waals surface area contributed by atoms with Crippen LogP contribution in [0.1, 0.15) is 12.2 Å². The Hall–Kier alpha value is -1.23. The Balaban J connectivity index is 2.44. The van der Waals surface area contributed by atoms with Crippen molar-refractivity contribution in [2.24, 2.45) is 0 Å². The van der Waals surface area contributed by atoms with Gasteiger partial charge in [-0.2, -0.15) is 13.2 Å².